The average molecular weight is 507 g/mol. The molecule has 1 amide bonds. The van der Waals surface area contributed by atoms with Crippen molar-refractivity contribution in [1.82, 2.24) is 14.8 Å². The minimum absolute atomic E-state index is 0.135. The Labute approximate surface area is 211 Å². The van der Waals surface area contributed by atoms with E-state index >= 15 is 0 Å². The lowest BCUT2D eigenvalue weighted by molar-refractivity contribution is -0.115. The van der Waals surface area contributed by atoms with Crippen LogP contribution in [0, 0.1) is 13.8 Å². The molecule has 0 spiro atoms. The van der Waals surface area contributed by atoms with Gasteiger partial charge in [0.05, 0.1) is 34.3 Å². The molecule has 0 atom stereocenters. The van der Waals surface area contributed by atoms with Crippen molar-refractivity contribution >= 4 is 32.3 Å². The van der Waals surface area contributed by atoms with Crippen LogP contribution in [0.1, 0.15) is 37.5 Å². The fourth-order valence-corrected chi connectivity index (χ4v) is 4.62. The van der Waals surface area contributed by atoms with Gasteiger partial charge in [-0.3, -0.25) is 14.5 Å². The zero-order valence-corrected chi connectivity index (χ0v) is 22.1. The van der Waals surface area contributed by atoms with Crippen LogP contribution in [0.4, 0.5) is 5.69 Å². The topological polar surface area (TPSA) is 103 Å². The van der Waals surface area contributed by atoms with Crippen LogP contribution in [0.15, 0.2) is 59.9 Å². The number of sulfone groups is 1. The van der Waals surface area contributed by atoms with Gasteiger partial charge in [-0.2, -0.15) is 5.10 Å². The van der Waals surface area contributed by atoms with Crippen molar-refractivity contribution in [2.45, 2.75) is 51.5 Å². The summed E-state index contributed by atoms with van der Waals surface area (Å²) in [6, 6.07) is 10.4. The molecule has 36 heavy (non-hydrogen) atoms. The minimum atomic E-state index is -3.37. The standard InChI is InChI=1S/C27H30N4O4S/c1-17-11-19(13-25(32)30-20-15-29-31(16-20)27(3,4)5)12-18(2)26(17)35-24-9-10-28-23-8-7-21(14-22(23)24)36(6,33)34/h7-12,14-16H,13H2,1-6H3,(H,30,32). The van der Waals surface area contributed by atoms with E-state index in [9.17, 15) is 13.2 Å². The van der Waals surface area contributed by atoms with Gasteiger partial charge in [-0.05, 0) is 75.6 Å². The summed E-state index contributed by atoms with van der Waals surface area (Å²) in [5.74, 6) is 1.03. The molecule has 1 N–H and O–H groups in total. The summed E-state index contributed by atoms with van der Waals surface area (Å²) in [6.07, 6.45) is 6.47. The molecule has 4 aromatic rings. The van der Waals surface area contributed by atoms with E-state index < -0.39 is 9.84 Å². The molecule has 0 saturated carbocycles. The minimum Gasteiger partial charge on any atom is -0.456 e. The Kier molecular flexibility index (Phi) is 6.62. The monoisotopic (exact) mass is 506 g/mol. The van der Waals surface area contributed by atoms with Crippen LogP contribution >= 0.6 is 0 Å². The highest BCUT2D eigenvalue weighted by atomic mass is 32.2. The van der Waals surface area contributed by atoms with Gasteiger partial charge in [-0.1, -0.05) is 12.1 Å². The molecule has 0 bridgehead atoms. The molecule has 8 nitrogen and oxygen atoms in total. The highest BCUT2D eigenvalue weighted by Gasteiger charge is 2.17. The number of benzene rings is 2. The van der Waals surface area contributed by atoms with Crippen molar-refractivity contribution in [1.29, 1.82) is 0 Å². The first-order valence-corrected chi connectivity index (χ1v) is 13.4. The number of fused-ring (bicyclic) bond motifs is 1. The van der Waals surface area contributed by atoms with Crippen molar-refractivity contribution in [3.8, 4) is 11.5 Å². The maximum absolute atomic E-state index is 12.7. The molecule has 2 aromatic carbocycles. The van der Waals surface area contributed by atoms with Gasteiger partial charge in [0.15, 0.2) is 9.84 Å². The molecule has 9 heteroatoms. The molecule has 0 unspecified atom stereocenters. The maximum atomic E-state index is 12.7. The van der Waals surface area contributed by atoms with Gasteiger partial charge in [-0.25, -0.2) is 8.42 Å². The second-order valence-corrected chi connectivity index (χ2v) is 12.0. The van der Waals surface area contributed by atoms with Crippen LogP contribution < -0.4 is 10.1 Å². The van der Waals surface area contributed by atoms with Crippen molar-refractivity contribution in [3.05, 3.63) is 71.7 Å². The fraction of sp³-hybridized carbons (Fsp3) is 0.296. The number of pyridine rings is 1. The van der Waals surface area contributed by atoms with Crippen LogP contribution in [0.2, 0.25) is 0 Å². The highest BCUT2D eigenvalue weighted by Crippen LogP contribution is 2.34. The summed E-state index contributed by atoms with van der Waals surface area (Å²) in [5, 5.41) is 7.83. The predicted octanol–water partition coefficient (Wildman–Crippen LogP) is 5.18. The van der Waals surface area contributed by atoms with Gasteiger partial charge in [0.2, 0.25) is 5.91 Å². The molecule has 4 rings (SSSR count). The zero-order valence-electron chi connectivity index (χ0n) is 21.3. The number of hydrogen-bond donors (Lipinski definition) is 1. The molecule has 0 aliphatic carbocycles. The molecule has 188 valence electrons. The summed E-state index contributed by atoms with van der Waals surface area (Å²) in [5.41, 5.74) is 3.71. The second kappa shape index (κ2) is 9.39. The molecule has 0 aliphatic heterocycles. The Morgan fingerprint density at radius 3 is 2.39 bits per heavy atom. The van der Waals surface area contributed by atoms with E-state index in [0.717, 1.165) is 16.7 Å². The third kappa shape index (κ3) is 5.57. The van der Waals surface area contributed by atoms with Crippen molar-refractivity contribution < 1.29 is 17.9 Å². The summed E-state index contributed by atoms with van der Waals surface area (Å²) in [6.45, 7) is 9.96. The molecule has 0 radical (unpaired) electrons. The first-order chi connectivity index (χ1) is 16.8. The van der Waals surface area contributed by atoms with Gasteiger partial charge in [0, 0.05) is 24.0 Å². The predicted molar refractivity (Wildman–Crippen MR) is 140 cm³/mol. The van der Waals surface area contributed by atoms with E-state index in [1.54, 1.807) is 36.7 Å². The van der Waals surface area contributed by atoms with E-state index in [1.165, 1.54) is 6.26 Å². The van der Waals surface area contributed by atoms with Crippen LogP contribution in [0.25, 0.3) is 10.9 Å². The van der Waals surface area contributed by atoms with Crippen LogP contribution in [0.3, 0.4) is 0 Å². The Hall–Kier alpha value is -3.72. The molecular formula is C27H30N4O4S. The van der Waals surface area contributed by atoms with Crippen LogP contribution in [0.5, 0.6) is 11.5 Å². The zero-order chi connectivity index (χ0) is 26.3. The normalized spacial score (nSPS) is 12.1. The van der Waals surface area contributed by atoms with Gasteiger partial charge >= 0.3 is 0 Å². The largest absolute Gasteiger partial charge is 0.456 e. The Bertz CT molecular complexity index is 1540. The number of carbonyl (C=O) groups excluding carboxylic acids is 1. The summed E-state index contributed by atoms with van der Waals surface area (Å²) in [4.78, 5) is 17.2. The molecule has 0 fully saturated rings. The first kappa shape index (κ1) is 25.4. The van der Waals surface area contributed by atoms with Gasteiger partial charge in [0.25, 0.3) is 0 Å². The first-order valence-electron chi connectivity index (χ1n) is 11.5. The van der Waals surface area contributed by atoms with E-state index in [4.69, 9.17) is 4.74 Å². The number of rotatable bonds is 6. The number of amides is 1. The quantitative estimate of drug-likeness (QED) is 0.386. The number of anilines is 1. The van der Waals surface area contributed by atoms with Crippen molar-refractivity contribution in [3.63, 3.8) is 0 Å². The summed E-state index contributed by atoms with van der Waals surface area (Å²) < 4.78 is 32.2. The molecule has 2 heterocycles. The van der Waals surface area contributed by atoms with Crippen LogP contribution in [-0.4, -0.2) is 35.3 Å². The SMILES string of the molecule is Cc1cc(CC(=O)Nc2cnn(C(C)(C)C)c2)cc(C)c1Oc1ccnc2ccc(S(C)(=O)=O)cc12. The third-order valence-electron chi connectivity index (χ3n) is 5.75. The van der Waals surface area contributed by atoms with E-state index in [1.807, 2.05) is 57.6 Å². The Morgan fingerprint density at radius 2 is 1.78 bits per heavy atom. The maximum Gasteiger partial charge on any atom is 0.228 e. The number of ether oxygens (including phenoxy) is 1. The number of nitrogens with one attached hydrogen (secondary N) is 1. The Morgan fingerprint density at radius 1 is 1.08 bits per heavy atom. The number of aromatic nitrogens is 3. The van der Waals surface area contributed by atoms with E-state index in [2.05, 4.69) is 15.4 Å². The van der Waals surface area contributed by atoms with Gasteiger partial charge in [-0.15, -0.1) is 0 Å². The summed E-state index contributed by atoms with van der Waals surface area (Å²) >= 11 is 0. The Balaban J connectivity index is 1.55. The van der Waals surface area contributed by atoms with Gasteiger partial charge in [0.1, 0.15) is 11.5 Å². The van der Waals surface area contributed by atoms with Crippen LogP contribution in [-0.2, 0) is 26.6 Å². The molecule has 0 saturated heterocycles. The van der Waals surface area contributed by atoms with Crippen molar-refractivity contribution in [2.24, 2.45) is 0 Å². The molecule has 0 aliphatic rings. The smallest absolute Gasteiger partial charge is 0.228 e. The number of nitrogens with zero attached hydrogens (tertiary/aromatic N) is 3. The second-order valence-electron chi connectivity index (χ2n) is 9.99. The lowest BCUT2D eigenvalue weighted by Gasteiger charge is -2.18. The molecule has 2 aromatic heterocycles. The van der Waals surface area contributed by atoms with E-state index in [0.29, 0.717) is 28.1 Å². The van der Waals surface area contributed by atoms with E-state index in [-0.39, 0.29) is 22.8 Å². The molecular weight excluding hydrogens is 476 g/mol. The number of carbonyl (C=O) groups is 1. The summed E-state index contributed by atoms with van der Waals surface area (Å²) in [7, 11) is -3.37. The van der Waals surface area contributed by atoms with Crippen molar-refractivity contribution in [2.75, 3.05) is 11.6 Å². The number of hydrogen-bond acceptors (Lipinski definition) is 6. The highest BCUT2D eigenvalue weighted by molar-refractivity contribution is 7.90. The third-order valence-corrected chi connectivity index (χ3v) is 6.86. The van der Waals surface area contributed by atoms with Gasteiger partial charge < -0.3 is 10.1 Å². The fourth-order valence-electron chi connectivity index (χ4n) is 3.98. The number of aryl methyl sites for hydroxylation is 2. The lowest BCUT2D eigenvalue weighted by Crippen LogP contribution is -2.22. The lowest BCUT2D eigenvalue weighted by atomic mass is 10.0. The average Bonchev–Trinajstić information content (AvgIpc) is 3.24.